The summed E-state index contributed by atoms with van der Waals surface area (Å²) in [6, 6.07) is 3.52. The van der Waals surface area contributed by atoms with Crippen molar-refractivity contribution in [1.82, 2.24) is 4.72 Å². The zero-order valence-electron chi connectivity index (χ0n) is 11.4. The monoisotopic (exact) mass is 314 g/mol. The maximum Gasteiger partial charge on any atom is 0.335 e. The minimum atomic E-state index is -3.77. The summed E-state index contributed by atoms with van der Waals surface area (Å²) in [5, 5.41) is 8.82. The van der Waals surface area contributed by atoms with Crippen LogP contribution in [-0.2, 0) is 14.8 Å². The molecular weight excluding hydrogens is 296 g/mol. The summed E-state index contributed by atoms with van der Waals surface area (Å²) in [7, 11) is -3.77. The second-order valence-corrected chi connectivity index (χ2v) is 6.71. The molecule has 2 rings (SSSR count). The van der Waals surface area contributed by atoms with E-state index in [0.29, 0.717) is 19.1 Å². The van der Waals surface area contributed by atoms with Gasteiger partial charge in [-0.15, -0.1) is 0 Å². The van der Waals surface area contributed by atoms with E-state index in [0.717, 1.165) is 6.07 Å². The molecule has 1 saturated carbocycles. The Morgan fingerprint density at radius 3 is 2.71 bits per heavy atom. The lowest BCUT2D eigenvalue weighted by Gasteiger charge is -2.10. The average molecular weight is 314 g/mol. The number of nitrogen functional groups attached to an aromatic ring is 1. The van der Waals surface area contributed by atoms with Crippen LogP contribution in [0, 0.1) is 5.92 Å². The van der Waals surface area contributed by atoms with Gasteiger partial charge in [-0.25, -0.2) is 17.9 Å². The van der Waals surface area contributed by atoms with E-state index < -0.39 is 16.0 Å². The Kier molecular flexibility index (Phi) is 4.81. The van der Waals surface area contributed by atoms with E-state index in [2.05, 4.69) is 4.72 Å². The molecular formula is C13H18N2O5S. The summed E-state index contributed by atoms with van der Waals surface area (Å²) in [6.07, 6.45) is 2.36. The smallest absolute Gasteiger partial charge is 0.335 e. The van der Waals surface area contributed by atoms with E-state index in [-0.39, 0.29) is 22.7 Å². The highest BCUT2D eigenvalue weighted by molar-refractivity contribution is 7.89. The quantitative estimate of drug-likeness (QED) is 0.479. The fourth-order valence-electron chi connectivity index (χ4n) is 1.79. The lowest BCUT2D eigenvalue weighted by Crippen LogP contribution is -2.28. The van der Waals surface area contributed by atoms with Crippen LogP contribution < -0.4 is 10.5 Å². The molecule has 0 amide bonds. The highest BCUT2D eigenvalue weighted by Gasteiger charge is 2.21. The Balaban J connectivity index is 1.92. The third-order valence-electron chi connectivity index (χ3n) is 3.14. The van der Waals surface area contributed by atoms with Crippen molar-refractivity contribution in [3.05, 3.63) is 23.8 Å². The fourth-order valence-corrected chi connectivity index (χ4v) is 2.91. The van der Waals surface area contributed by atoms with Crippen LogP contribution in [0.2, 0.25) is 0 Å². The second kappa shape index (κ2) is 6.42. The van der Waals surface area contributed by atoms with E-state index in [1.807, 2.05) is 0 Å². The summed E-state index contributed by atoms with van der Waals surface area (Å²) in [5.74, 6) is -0.534. The summed E-state index contributed by atoms with van der Waals surface area (Å²) < 4.78 is 31.8. The highest BCUT2D eigenvalue weighted by Crippen LogP contribution is 2.28. The first-order valence-corrected chi connectivity index (χ1v) is 8.08. The van der Waals surface area contributed by atoms with Gasteiger partial charge in [0.15, 0.2) is 0 Å². The standard InChI is InChI=1S/C13H18N2O5S/c14-11-7-10(13(16)17)3-4-12(11)21(18,19)15-5-6-20-8-9-1-2-9/h3-4,7,9,15H,1-2,5-6,8,14H2,(H,16,17). The van der Waals surface area contributed by atoms with Crippen LogP contribution in [0.25, 0.3) is 0 Å². The van der Waals surface area contributed by atoms with Crippen molar-refractivity contribution in [3.8, 4) is 0 Å². The number of hydrogen-bond donors (Lipinski definition) is 3. The van der Waals surface area contributed by atoms with Gasteiger partial charge in [0.05, 0.1) is 17.9 Å². The van der Waals surface area contributed by atoms with Crippen LogP contribution >= 0.6 is 0 Å². The maximum absolute atomic E-state index is 12.0. The predicted molar refractivity (Wildman–Crippen MR) is 76.5 cm³/mol. The summed E-state index contributed by atoms with van der Waals surface area (Å²) in [6.45, 7) is 1.11. The van der Waals surface area contributed by atoms with E-state index in [9.17, 15) is 13.2 Å². The van der Waals surface area contributed by atoms with Crippen LogP contribution in [-0.4, -0.2) is 39.3 Å². The molecule has 0 aromatic heterocycles. The number of ether oxygens (including phenoxy) is 1. The van der Waals surface area contributed by atoms with Crippen molar-refractivity contribution in [2.24, 2.45) is 5.92 Å². The normalized spacial score (nSPS) is 15.0. The average Bonchev–Trinajstić information content (AvgIpc) is 3.21. The molecule has 4 N–H and O–H groups in total. The molecule has 116 valence electrons. The first-order valence-electron chi connectivity index (χ1n) is 6.60. The van der Waals surface area contributed by atoms with Gasteiger partial charge in [-0.1, -0.05) is 0 Å². The van der Waals surface area contributed by atoms with Gasteiger partial charge in [0.1, 0.15) is 4.90 Å². The number of sulfonamides is 1. The van der Waals surface area contributed by atoms with Crippen molar-refractivity contribution in [2.45, 2.75) is 17.7 Å². The molecule has 0 atom stereocenters. The molecule has 1 aromatic carbocycles. The lowest BCUT2D eigenvalue weighted by atomic mass is 10.2. The van der Waals surface area contributed by atoms with Gasteiger partial charge in [0, 0.05) is 13.2 Å². The van der Waals surface area contributed by atoms with Gasteiger partial charge >= 0.3 is 5.97 Å². The molecule has 0 bridgehead atoms. The number of carboxylic acid groups (broad SMARTS) is 1. The first kappa shape index (κ1) is 15.7. The Labute approximate surface area is 123 Å². The number of benzene rings is 1. The van der Waals surface area contributed by atoms with Crippen molar-refractivity contribution < 1.29 is 23.1 Å². The summed E-state index contributed by atoms with van der Waals surface area (Å²) >= 11 is 0. The molecule has 0 unspecified atom stereocenters. The van der Waals surface area contributed by atoms with Gasteiger partial charge in [-0.05, 0) is 37.0 Å². The molecule has 21 heavy (non-hydrogen) atoms. The van der Waals surface area contributed by atoms with Gasteiger partial charge in [0.25, 0.3) is 0 Å². The van der Waals surface area contributed by atoms with Crippen molar-refractivity contribution in [1.29, 1.82) is 0 Å². The van der Waals surface area contributed by atoms with Crippen LogP contribution in [0.5, 0.6) is 0 Å². The van der Waals surface area contributed by atoms with Crippen LogP contribution in [0.15, 0.2) is 23.1 Å². The number of rotatable bonds is 8. The minimum absolute atomic E-state index is 0.0563. The zero-order valence-corrected chi connectivity index (χ0v) is 12.2. The van der Waals surface area contributed by atoms with Crippen molar-refractivity contribution >= 4 is 21.7 Å². The number of nitrogens with two attached hydrogens (primary N) is 1. The third kappa shape index (κ3) is 4.42. The molecule has 8 heteroatoms. The van der Waals surface area contributed by atoms with E-state index in [4.69, 9.17) is 15.6 Å². The lowest BCUT2D eigenvalue weighted by molar-refractivity contribution is 0.0697. The summed E-state index contributed by atoms with van der Waals surface area (Å²) in [4.78, 5) is 10.7. The number of hydrogen-bond acceptors (Lipinski definition) is 5. The topological polar surface area (TPSA) is 119 Å². The third-order valence-corrected chi connectivity index (χ3v) is 4.67. The maximum atomic E-state index is 12.0. The minimum Gasteiger partial charge on any atom is -0.478 e. The predicted octanol–water partition coefficient (Wildman–Crippen LogP) is 0.672. The molecule has 1 aromatic rings. The molecule has 0 spiro atoms. The van der Waals surface area contributed by atoms with Gasteiger partial charge < -0.3 is 15.6 Å². The Morgan fingerprint density at radius 1 is 1.43 bits per heavy atom. The molecule has 7 nitrogen and oxygen atoms in total. The second-order valence-electron chi connectivity index (χ2n) is 4.97. The molecule has 0 aliphatic heterocycles. The molecule has 0 heterocycles. The van der Waals surface area contributed by atoms with Gasteiger partial charge in [0.2, 0.25) is 10.0 Å². The van der Waals surface area contributed by atoms with E-state index in [1.165, 1.54) is 25.0 Å². The Bertz CT molecular complexity index is 625. The van der Waals surface area contributed by atoms with Crippen LogP contribution in [0.1, 0.15) is 23.2 Å². The number of aromatic carboxylic acids is 1. The SMILES string of the molecule is Nc1cc(C(=O)O)ccc1S(=O)(=O)NCCOCC1CC1. The Morgan fingerprint density at radius 2 is 2.14 bits per heavy atom. The number of anilines is 1. The first-order chi connectivity index (χ1) is 9.90. The molecule has 0 radical (unpaired) electrons. The van der Waals surface area contributed by atoms with E-state index in [1.54, 1.807) is 0 Å². The van der Waals surface area contributed by atoms with Crippen LogP contribution in [0.4, 0.5) is 5.69 Å². The van der Waals surface area contributed by atoms with Gasteiger partial charge in [-0.3, -0.25) is 0 Å². The number of carbonyl (C=O) groups is 1. The highest BCUT2D eigenvalue weighted by atomic mass is 32.2. The number of nitrogens with one attached hydrogen (secondary N) is 1. The van der Waals surface area contributed by atoms with Crippen molar-refractivity contribution in [2.75, 3.05) is 25.5 Å². The fraction of sp³-hybridized carbons (Fsp3) is 0.462. The van der Waals surface area contributed by atoms with Gasteiger partial charge in [-0.2, -0.15) is 0 Å². The Hall–Kier alpha value is -1.64. The molecule has 1 fully saturated rings. The number of carboxylic acids is 1. The largest absolute Gasteiger partial charge is 0.478 e. The summed E-state index contributed by atoms with van der Waals surface area (Å²) in [5.41, 5.74) is 5.46. The molecule has 0 saturated heterocycles. The van der Waals surface area contributed by atoms with E-state index >= 15 is 0 Å². The molecule has 1 aliphatic rings. The molecule has 1 aliphatic carbocycles. The van der Waals surface area contributed by atoms with Crippen molar-refractivity contribution in [3.63, 3.8) is 0 Å². The zero-order chi connectivity index (χ0) is 15.5. The van der Waals surface area contributed by atoms with Crippen LogP contribution in [0.3, 0.4) is 0 Å².